The number of hydrogen-bond acceptors (Lipinski definition) is 6. The predicted molar refractivity (Wildman–Crippen MR) is 151 cm³/mol. The molecule has 0 bridgehead atoms. The lowest BCUT2D eigenvalue weighted by Gasteiger charge is -2.12. The summed E-state index contributed by atoms with van der Waals surface area (Å²) < 4.78 is 7.89. The third-order valence-electron chi connectivity index (χ3n) is 6.01. The lowest BCUT2D eigenvalue weighted by atomic mass is 10.1. The van der Waals surface area contributed by atoms with E-state index in [4.69, 9.17) is 14.7 Å². The van der Waals surface area contributed by atoms with Gasteiger partial charge in [-0.25, -0.2) is 4.99 Å². The lowest BCUT2D eigenvalue weighted by Crippen LogP contribution is -2.12. The average Bonchev–Trinajstić information content (AvgIpc) is 3.48. The van der Waals surface area contributed by atoms with E-state index in [-0.39, 0.29) is 0 Å². The molecule has 2 heterocycles. The van der Waals surface area contributed by atoms with E-state index in [1.807, 2.05) is 56.1 Å². The van der Waals surface area contributed by atoms with Gasteiger partial charge in [0.25, 0.3) is 0 Å². The largest absolute Gasteiger partial charge is 0.492 e. The molecule has 0 spiro atoms. The Morgan fingerprint density at radius 2 is 2.00 bits per heavy atom. The summed E-state index contributed by atoms with van der Waals surface area (Å²) in [5.74, 6) is 2.15. The quantitative estimate of drug-likeness (QED) is 0.135. The smallest absolute Gasteiger partial charge is 0.155 e. The van der Waals surface area contributed by atoms with Crippen molar-refractivity contribution in [2.45, 2.75) is 33.3 Å². The van der Waals surface area contributed by atoms with E-state index >= 15 is 0 Å². The van der Waals surface area contributed by atoms with Crippen LogP contribution in [0.3, 0.4) is 0 Å². The Kier molecular flexibility index (Phi) is 9.89. The Bertz CT molecular complexity index is 1230. The maximum absolute atomic E-state index is 6.06. The molecule has 37 heavy (non-hydrogen) atoms. The molecule has 0 aromatic carbocycles. The summed E-state index contributed by atoms with van der Waals surface area (Å²) in [6, 6.07) is 0. The van der Waals surface area contributed by atoms with E-state index in [0.717, 1.165) is 33.9 Å². The summed E-state index contributed by atoms with van der Waals surface area (Å²) in [5.41, 5.74) is 5.95. The molecule has 0 atom stereocenters. The van der Waals surface area contributed by atoms with Gasteiger partial charge in [-0.3, -0.25) is 14.7 Å². The number of aliphatic imine (C=N–C) groups is 2. The second kappa shape index (κ2) is 13.3. The highest BCUT2D eigenvalue weighted by Crippen LogP contribution is 2.36. The van der Waals surface area contributed by atoms with Crippen LogP contribution in [0.4, 0.5) is 0 Å². The molecule has 1 aromatic heterocycles. The van der Waals surface area contributed by atoms with Gasteiger partial charge < -0.3 is 4.74 Å². The van der Waals surface area contributed by atoms with E-state index in [2.05, 4.69) is 41.2 Å². The number of hydrogen-bond donors (Lipinski definition) is 0. The van der Waals surface area contributed by atoms with Gasteiger partial charge in [-0.05, 0) is 44.3 Å². The van der Waals surface area contributed by atoms with Crippen LogP contribution in [0.15, 0.2) is 111 Å². The number of nitrogens with zero attached hydrogens (tertiary/aromatic N) is 7. The van der Waals surface area contributed by atoms with Crippen LogP contribution >= 0.6 is 0 Å². The fraction of sp³-hybridized carbons (Fsp3) is 0.345. The zero-order chi connectivity index (χ0) is 26.8. The zero-order valence-corrected chi connectivity index (χ0v) is 22.4. The standard InChI is InChI=1S/C29H37N7O/c1-8-11-25(16-21(4)19-36(10-3)34-30-6)29-31-18-27(33-29)26-17-32-35(7)28(26)20-37-22(5)12-13-23(9-2)24-14-15-24/h8-13,16-17,24H,1-3,14-15,18-20H2,4-7H3/b21-16+,22-12+,23-13+,25-11+,34-30?. The summed E-state index contributed by atoms with van der Waals surface area (Å²) in [4.78, 5) is 9.55. The van der Waals surface area contributed by atoms with Gasteiger partial charge in [0, 0.05) is 24.4 Å². The van der Waals surface area contributed by atoms with Crippen molar-refractivity contribution in [1.82, 2.24) is 14.8 Å². The summed E-state index contributed by atoms with van der Waals surface area (Å²) in [7, 11) is 3.54. The normalized spacial score (nSPS) is 17.1. The minimum absolute atomic E-state index is 0.390. The molecular formula is C29H37N7O. The molecule has 1 aliphatic heterocycles. The molecular weight excluding hydrogens is 462 g/mol. The van der Waals surface area contributed by atoms with Gasteiger partial charge in [0.15, 0.2) is 5.84 Å². The van der Waals surface area contributed by atoms with Crippen molar-refractivity contribution in [3.8, 4) is 0 Å². The van der Waals surface area contributed by atoms with E-state index in [9.17, 15) is 0 Å². The molecule has 8 heteroatoms. The highest BCUT2D eigenvalue weighted by molar-refractivity contribution is 6.18. The maximum Gasteiger partial charge on any atom is 0.155 e. The Balaban J connectivity index is 1.74. The van der Waals surface area contributed by atoms with Gasteiger partial charge in [0.05, 0.1) is 43.5 Å². The number of allylic oxidation sites excluding steroid dienone is 7. The first-order valence-electron chi connectivity index (χ1n) is 12.4. The van der Waals surface area contributed by atoms with Crippen molar-refractivity contribution >= 4 is 11.5 Å². The first-order valence-corrected chi connectivity index (χ1v) is 12.4. The van der Waals surface area contributed by atoms with Crippen molar-refractivity contribution < 1.29 is 4.74 Å². The molecule has 2 aliphatic rings. The lowest BCUT2D eigenvalue weighted by molar-refractivity contribution is 0.193. The molecule has 0 N–H and O–H groups in total. The third-order valence-corrected chi connectivity index (χ3v) is 6.01. The van der Waals surface area contributed by atoms with Crippen LogP contribution in [0.1, 0.15) is 37.9 Å². The Morgan fingerprint density at radius 3 is 2.65 bits per heavy atom. The van der Waals surface area contributed by atoms with Crippen LogP contribution in [0, 0.1) is 5.92 Å². The summed E-state index contributed by atoms with van der Waals surface area (Å²) in [6.07, 6.45) is 17.7. The Labute approximate surface area is 220 Å². The minimum atomic E-state index is 0.390. The molecule has 0 unspecified atom stereocenters. The van der Waals surface area contributed by atoms with Gasteiger partial charge in [0.2, 0.25) is 0 Å². The Morgan fingerprint density at radius 1 is 1.22 bits per heavy atom. The monoisotopic (exact) mass is 499 g/mol. The molecule has 8 nitrogen and oxygen atoms in total. The fourth-order valence-corrected chi connectivity index (χ4v) is 3.88. The zero-order valence-electron chi connectivity index (χ0n) is 22.4. The molecule has 0 saturated heterocycles. The van der Waals surface area contributed by atoms with Crippen molar-refractivity contribution in [3.05, 3.63) is 102 Å². The first kappa shape index (κ1) is 27.5. The molecule has 0 radical (unpaired) electrons. The number of amidine groups is 1. The van der Waals surface area contributed by atoms with Gasteiger partial charge in [-0.1, -0.05) is 60.9 Å². The SMILES string of the molecule is C=C/C=C(\C=C(/C)CN(C=C)N=NC)C1=NCC(c2cnn(C)c2CO/C(C)=C/C=C(\C=C)C2CC2)=N1. The molecule has 1 aromatic rings. The molecule has 1 saturated carbocycles. The first-order chi connectivity index (χ1) is 17.9. The van der Waals surface area contributed by atoms with Crippen molar-refractivity contribution in [3.63, 3.8) is 0 Å². The topological polar surface area (TPSA) is 79.7 Å². The van der Waals surface area contributed by atoms with Crippen molar-refractivity contribution in [2.24, 2.45) is 33.3 Å². The molecule has 194 valence electrons. The predicted octanol–water partition coefficient (Wildman–Crippen LogP) is 6.07. The molecule has 0 amide bonds. The van der Waals surface area contributed by atoms with E-state index in [1.54, 1.807) is 24.3 Å². The van der Waals surface area contributed by atoms with Crippen LogP contribution < -0.4 is 0 Å². The molecule has 3 rings (SSSR count). The third kappa shape index (κ3) is 7.70. The summed E-state index contributed by atoms with van der Waals surface area (Å²) >= 11 is 0. The van der Waals surface area contributed by atoms with Crippen molar-refractivity contribution in [1.29, 1.82) is 0 Å². The van der Waals surface area contributed by atoms with Gasteiger partial charge in [-0.15, -0.1) is 0 Å². The van der Waals surface area contributed by atoms with E-state index in [0.29, 0.717) is 31.4 Å². The maximum atomic E-state index is 6.06. The van der Waals surface area contributed by atoms with E-state index in [1.165, 1.54) is 18.4 Å². The number of aromatic nitrogens is 2. The Hall–Kier alpha value is -4.07. The van der Waals surface area contributed by atoms with Gasteiger partial charge >= 0.3 is 0 Å². The highest BCUT2D eigenvalue weighted by atomic mass is 16.5. The second-order valence-corrected chi connectivity index (χ2v) is 8.96. The van der Waals surface area contributed by atoms with Gasteiger partial charge in [-0.2, -0.15) is 10.2 Å². The van der Waals surface area contributed by atoms with Crippen LogP contribution in [-0.4, -0.2) is 46.5 Å². The van der Waals surface area contributed by atoms with Crippen LogP contribution in [0.5, 0.6) is 0 Å². The number of ether oxygens (including phenoxy) is 1. The molecule has 1 aliphatic carbocycles. The average molecular weight is 500 g/mol. The van der Waals surface area contributed by atoms with Crippen molar-refractivity contribution in [2.75, 3.05) is 20.1 Å². The van der Waals surface area contributed by atoms with E-state index < -0.39 is 0 Å². The minimum Gasteiger partial charge on any atom is -0.492 e. The molecule has 1 fully saturated rings. The van der Waals surface area contributed by atoms with Gasteiger partial charge in [0.1, 0.15) is 6.61 Å². The summed E-state index contributed by atoms with van der Waals surface area (Å²) in [5, 5.41) is 14.0. The number of rotatable bonds is 14. The summed E-state index contributed by atoms with van der Waals surface area (Å²) in [6.45, 7) is 16.9. The van der Waals surface area contributed by atoms with Crippen LogP contribution in [0.25, 0.3) is 0 Å². The van der Waals surface area contributed by atoms with Crippen LogP contribution in [-0.2, 0) is 18.4 Å². The number of aryl methyl sites for hydroxylation is 1. The highest BCUT2D eigenvalue weighted by Gasteiger charge is 2.23. The fourth-order valence-electron chi connectivity index (χ4n) is 3.88. The van der Waals surface area contributed by atoms with Crippen LogP contribution in [0.2, 0.25) is 0 Å². The second-order valence-electron chi connectivity index (χ2n) is 8.96.